The number of nitrogens with zero attached hydrogens (tertiary/aromatic N) is 1. The normalized spacial score (nSPS) is 12.0. The summed E-state index contributed by atoms with van der Waals surface area (Å²) < 4.78 is 18.2. The van der Waals surface area contributed by atoms with E-state index >= 15 is 0 Å². The number of rotatable bonds is 5. The Morgan fingerprint density at radius 2 is 2.05 bits per heavy atom. The van der Waals surface area contributed by atoms with Crippen LogP contribution in [0.15, 0.2) is 18.2 Å². The van der Waals surface area contributed by atoms with E-state index < -0.39 is 17.8 Å². The van der Waals surface area contributed by atoms with Crippen molar-refractivity contribution in [3.63, 3.8) is 0 Å². The fourth-order valence-corrected chi connectivity index (χ4v) is 1.83. The zero-order valence-electron chi connectivity index (χ0n) is 13.0. The highest BCUT2D eigenvalue weighted by Crippen LogP contribution is 2.23. The lowest BCUT2D eigenvalue weighted by atomic mass is 10.0. The van der Waals surface area contributed by atoms with E-state index in [1.807, 2.05) is 13.8 Å². The van der Waals surface area contributed by atoms with E-state index in [1.54, 1.807) is 13.1 Å². The van der Waals surface area contributed by atoms with Crippen molar-refractivity contribution < 1.29 is 18.7 Å². The van der Waals surface area contributed by atoms with Crippen molar-refractivity contribution in [2.24, 2.45) is 0 Å². The maximum absolute atomic E-state index is 13.6. The van der Waals surface area contributed by atoms with E-state index in [4.69, 9.17) is 11.6 Å². The van der Waals surface area contributed by atoms with Crippen molar-refractivity contribution in [2.75, 3.05) is 14.2 Å². The van der Waals surface area contributed by atoms with Crippen LogP contribution in [0.5, 0.6) is 0 Å². The minimum absolute atomic E-state index is 0.0132. The van der Waals surface area contributed by atoms with E-state index in [0.717, 1.165) is 0 Å². The zero-order valence-corrected chi connectivity index (χ0v) is 13.8. The van der Waals surface area contributed by atoms with Crippen LogP contribution in [0.25, 0.3) is 0 Å². The predicted octanol–water partition coefficient (Wildman–Crippen LogP) is 3.13. The molecular weight excluding hydrogens is 311 g/mol. The van der Waals surface area contributed by atoms with E-state index in [1.165, 1.54) is 24.1 Å². The number of benzene rings is 1. The van der Waals surface area contributed by atoms with Crippen LogP contribution < -0.4 is 5.32 Å². The van der Waals surface area contributed by atoms with Gasteiger partial charge in [0.25, 0.3) is 0 Å². The number of halogens is 2. The van der Waals surface area contributed by atoms with Gasteiger partial charge in [-0.1, -0.05) is 17.7 Å². The zero-order chi connectivity index (χ0) is 16.9. The molecule has 0 saturated carbocycles. The lowest BCUT2D eigenvalue weighted by molar-refractivity contribution is -0.141. The highest BCUT2D eigenvalue weighted by atomic mass is 35.5. The Morgan fingerprint density at radius 3 is 2.55 bits per heavy atom. The lowest BCUT2D eigenvalue weighted by Crippen LogP contribution is -2.43. The van der Waals surface area contributed by atoms with Crippen molar-refractivity contribution in [3.8, 4) is 0 Å². The molecule has 1 aromatic rings. The van der Waals surface area contributed by atoms with Gasteiger partial charge in [0.2, 0.25) is 0 Å². The fourth-order valence-electron chi connectivity index (χ4n) is 1.72. The van der Waals surface area contributed by atoms with Gasteiger partial charge in [-0.25, -0.2) is 9.18 Å². The van der Waals surface area contributed by atoms with Crippen molar-refractivity contribution in [3.05, 3.63) is 34.6 Å². The average molecular weight is 331 g/mol. The second-order valence-electron chi connectivity index (χ2n) is 5.16. The molecule has 0 aromatic heterocycles. The molecule has 0 aliphatic heterocycles. The molecule has 22 heavy (non-hydrogen) atoms. The van der Waals surface area contributed by atoms with Crippen molar-refractivity contribution in [1.82, 2.24) is 10.2 Å². The van der Waals surface area contributed by atoms with E-state index in [9.17, 15) is 14.0 Å². The monoisotopic (exact) mass is 330 g/mol. The largest absolute Gasteiger partial charge is 0.469 e. The predicted molar refractivity (Wildman–Crippen MR) is 82.2 cm³/mol. The summed E-state index contributed by atoms with van der Waals surface area (Å²) in [5.74, 6) is -1.12. The Kier molecular flexibility index (Phi) is 6.61. The summed E-state index contributed by atoms with van der Waals surface area (Å²) in [7, 11) is 2.89. The first-order valence-electron chi connectivity index (χ1n) is 6.81. The molecule has 0 radical (unpaired) electrons. The first-order chi connectivity index (χ1) is 10.3. The van der Waals surface area contributed by atoms with Crippen LogP contribution in [-0.4, -0.2) is 37.1 Å². The summed E-state index contributed by atoms with van der Waals surface area (Å²) in [6, 6.07) is 3.07. The number of methoxy groups -OCH3 is 1. The topological polar surface area (TPSA) is 58.6 Å². The molecule has 5 nitrogen and oxygen atoms in total. The molecule has 1 unspecified atom stereocenters. The number of ether oxygens (including phenoxy) is 1. The molecule has 122 valence electrons. The third-order valence-electron chi connectivity index (χ3n) is 3.34. The maximum atomic E-state index is 13.6. The van der Waals surface area contributed by atoms with Gasteiger partial charge in [-0.3, -0.25) is 4.79 Å². The third kappa shape index (κ3) is 4.87. The number of urea groups is 1. The number of hydrogen-bond donors (Lipinski definition) is 1. The molecule has 1 aromatic carbocycles. The number of nitrogens with one attached hydrogen (secondary N) is 1. The van der Waals surface area contributed by atoms with Gasteiger partial charge in [-0.05, 0) is 31.5 Å². The second-order valence-corrected chi connectivity index (χ2v) is 5.57. The van der Waals surface area contributed by atoms with Gasteiger partial charge in [0.15, 0.2) is 0 Å². The van der Waals surface area contributed by atoms with Gasteiger partial charge in [-0.2, -0.15) is 0 Å². The smallest absolute Gasteiger partial charge is 0.317 e. The number of carbonyl (C=O) groups is 2. The average Bonchev–Trinajstić information content (AvgIpc) is 2.48. The highest BCUT2D eigenvalue weighted by Gasteiger charge is 2.22. The maximum Gasteiger partial charge on any atom is 0.317 e. The summed E-state index contributed by atoms with van der Waals surface area (Å²) in [6.45, 7) is 3.72. The molecule has 2 amide bonds. The van der Waals surface area contributed by atoms with E-state index in [0.29, 0.717) is 5.56 Å². The summed E-state index contributed by atoms with van der Waals surface area (Å²) in [6.07, 6.45) is -0.102. The molecule has 1 N–H and O–H groups in total. The van der Waals surface area contributed by atoms with Crippen LogP contribution in [0.4, 0.5) is 9.18 Å². The van der Waals surface area contributed by atoms with Gasteiger partial charge in [0.05, 0.1) is 24.6 Å². The summed E-state index contributed by atoms with van der Waals surface area (Å²) in [5.41, 5.74) is 0.442. The van der Waals surface area contributed by atoms with Crippen molar-refractivity contribution in [2.45, 2.75) is 32.4 Å². The molecular formula is C15H20ClFN2O3. The van der Waals surface area contributed by atoms with Gasteiger partial charge >= 0.3 is 12.0 Å². The quantitative estimate of drug-likeness (QED) is 0.844. The lowest BCUT2D eigenvalue weighted by Gasteiger charge is -2.26. The molecule has 0 bridgehead atoms. The minimum Gasteiger partial charge on any atom is -0.469 e. The molecule has 1 rings (SSSR count). The Bertz CT molecular complexity index is 552. The molecule has 0 aliphatic carbocycles. The van der Waals surface area contributed by atoms with Crippen molar-refractivity contribution >= 4 is 23.6 Å². The van der Waals surface area contributed by atoms with Crippen LogP contribution >= 0.6 is 11.6 Å². The molecule has 1 atom stereocenters. The number of carbonyl (C=O) groups excluding carboxylic acids is 2. The van der Waals surface area contributed by atoms with Crippen LogP contribution in [0, 0.1) is 5.82 Å². The summed E-state index contributed by atoms with van der Waals surface area (Å²) in [5, 5.41) is 2.68. The molecule has 0 aliphatic rings. The fraction of sp³-hybridized carbons (Fsp3) is 0.467. The summed E-state index contributed by atoms with van der Waals surface area (Å²) in [4.78, 5) is 25.1. The molecule has 0 fully saturated rings. The van der Waals surface area contributed by atoms with Gasteiger partial charge < -0.3 is 15.0 Å². The molecule has 0 spiro atoms. The van der Waals surface area contributed by atoms with Crippen LogP contribution in [0.3, 0.4) is 0 Å². The Balaban J connectivity index is 2.99. The molecule has 0 heterocycles. The van der Waals surface area contributed by atoms with Crippen molar-refractivity contribution in [1.29, 1.82) is 0 Å². The van der Waals surface area contributed by atoms with Crippen LogP contribution in [0.2, 0.25) is 5.02 Å². The SMILES string of the molecule is COC(=O)CC(NC(=O)N(C)C(C)C)c1ccc(Cl)c(F)c1. The Hall–Kier alpha value is -1.82. The second kappa shape index (κ2) is 7.98. The first-order valence-corrected chi connectivity index (χ1v) is 7.19. The molecule has 0 saturated heterocycles. The van der Waals surface area contributed by atoms with E-state index in [2.05, 4.69) is 10.1 Å². The van der Waals surface area contributed by atoms with Gasteiger partial charge in [-0.15, -0.1) is 0 Å². The number of amides is 2. The van der Waals surface area contributed by atoms with Crippen LogP contribution in [-0.2, 0) is 9.53 Å². The van der Waals surface area contributed by atoms with Gasteiger partial charge in [0.1, 0.15) is 5.82 Å². The molecule has 7 heteroatoms. The third-order valence-corrected chi connectivity index (χ3v) is 3.64. The standard InChI is InChI=1S/C15H20ClFN2O3/c1-9(2)19(3)15(21)18-13(8-14(20)22-4)10-5-6-11(16)12(17)7-10/h5-7,9,13H,8H2,1-4H3,(H,18,21). The Labute approximate surface area is 134 Å². The van der Waals surface area contributed by atoms with Crippen LogP contribution in [0.1, 0.15) is 31.9 Å². The van der Waals surface area contributed by atoms with E-state index in [-0.39, 0.29) is 23.5 Å². The first kappa shape index (κ1) is 18.2. The minimum atomic E-state index is -0.701. The highest BCUT2D eigenvalue weighted by molar-refractivity contribution is 6.30. The Morgan fingerprint density at radius 1 is 1.41 bits per heavy atom. The van der Waals surface area contributed by atoms with Gasteiger partial charge in [0, 0.05) is 13.1 Å². The number of hydrogen-bond acceptors (Lipinski definition) is 3. The summed E-state index contributed by atoms with van der Waals surface area (Å²) >= 11 is 5.65. The number of esters is 1.